The highest BCUT2D eigenvalue weighted by atomic mass is 16.6. The van der Waals surface area contributed by atoms with Crippen LogP contribution in [0.3, 0.4) is 0 Å². The molecule has 10 nitrogen and oxygen atoms in total. The zero-order valence-corrected chi connectivity index (χ0v) is 26.7. The number of fused-ring (bicyclic) bond motifs is 3. The van der Waals surface area contributed by atoms with Crippen molar-refractivity contribution in [2.75, 3.05) is 14.1 Å². The van der Waals surface area contributed by atoms with Gasteiger partial charge in [0.25, 0.3) is 0 Å². The second-order valence-corrected chi connectivity index (χ2v) is 13.2. The molecular formula is C34H45NO9. The van der Waals surface area contributed by atoms with Crippen molar-refractivity contribution >= 4 is 23.7 Å². The van der Waals surface area contributed by atoms with E-state index < -0.39 is 71.0 Å². The number of carbonyl (C=O) groups excluding carboxylic acids is 4. The summed E-state index contributed by atoms with van der Waals surface area (Å²) >= 11 is 0. The summed E-state index contributed by atoms with van der Waals surface area (Å²) in [6.07, 6.45) is -4.38. The number of aliphatic hydroxyl groups excluding tert-OH is 1. The van der Waals surface area contributed by atoms with Crippen LogP contribution in [0.1, 0.15) is 71.9 Å². The van der Waals surface area contributed by atoms with Crippen LogP contribution in [-0.4, -0.2) is 82.9 Å². The molecule has 4 rings (SSSR count). The lowest BCUT2D eigenvalue weighted by atomic mass is 9.51. The summed E-state index contributed by atoms with van der Waals surface area (Å²) in [5.74, 6) is -3.85. The predicted octanol–water partition coefficient (Wildman–Crippen LogP) is 3.46. The number of nitrogens with zero attached hydrogens (tertiary/aromatic N) is 1. The minimum Gasteiger partial charge on any atom is -0.459 e. The number of benzene rings is 1. The van der Waals surface area contributed by atoms with Crippen LogP contribution >= 0.6 is 0 Å². The smallest absolute Gasteiger partial charge is 0.308 e. The average Bonchev–Trinajstić information content (AvgIpc) is 2.93. The third-order valence-corrected chi connectivity index (χ3v) is 9.93. The van der Waals surface area contributed by atoms with Crippen LogP contribution in [0.2, 0.25) is 0 Å². The number of allylic oxidation sites excluding steroid dienone is 1. The van der Waals surface area contributed by atoms with Gasteiger partial charge in [0, 0.05) is 37.6 Å². The van der Waals surface area contributed by atoms with Crippen LogP contribution in [0.25, 0.3) is 0 Å². The summed E-state index contributed by atoms with van der Waals surface area (Å²) in [7, 11) is 3.76. The highest BCUT2D eigenvalue weighted by molar-refractivity contribution is 5.98. The van der Waals surface area contributed by atoms with Gasteiger partial charge in [0.1, 0.15) is 17.8 Å². The zero-order valence-electron chi connectivity index (χ0n) is 26.7. The summed E-state index contributed by atoms with van der Waals surface area (Å²) in [6, 6.07) is 9.36. The van der Waals surface area contributed by atoms with E-state index in [0.717, 1.165) is 5.56 Å². The third kappa shape index (κ3) is 5.99. The number of hydrogen-bond donors (Lipinski definition) is 2. The van der Waals surface area contributed by atoms with E-state index in [2.05, 4.69) is 6.58 Å². The number of Topliss-reactive ketones (excluding diaryl/α,β-unsaturated/α-hetero) is 1. The van der Waals surface area contributed by atoms with Gasteiger partial charge in [0.15, 0.2) is 11.9 Å². The van der Waals surface area contributed by atoms with Gasteiger partial charge in [0.05, 0.1) is 12.5 Å². The van der Waals surface area contributed by atoms with Crippen molar-refractivity contribution in [1.29, 1.82) is 0 Å². The first-order valence-corrected chi connectivity index (χ1v) is 15.1. The molecule has 0 heterocycles. The van der Waals surface area contributed by atoms with E-state index in [0.29, 0.717) is 23.1 Å². The zero-order chi connectivity index (χ0) is 32.7. The number of carbonyl (C=O) groups is 4. The Labute approximate surface area is 259 Å². The van der Waals surface area contributed by atoms with Crippen molar-refractivity contribution in [2.24, 2.45) is 17.3 Å². The first kappa shape index (κ1) is 33.6. The Morgan fingerprint density at radius 1 is 1.05 bits per heavy atom. The molecule has 2 bridgehead atoms. The molecule has 10 heteroatoms. The molecule has 2 fully saturated rings. The van der Waals surface area contributed by atoms with Gasteiger partial charge in [-0.1, -0.05) is 50.8 Å². The standard InChI is InChI=1S/C34H45NO9/c1-18-25(38)17-34(41)32(43-21(4)37)28-19(2)26(44-27(39)16-24(35(7)8)22-12-10-9-11-13-22)15-14-23(28)30(40)31(42-20(3)36)29(18)33(34,5)6/h9-13,23-24,26,28,30-32,40-41H,2,14-17H2,1,3-8H3. The Morgan fingerprint density at radius 3 is 2.23 bits per heavy atom. The van der Waals surface area contributed by atoms with Crippen LogP contribution in [0.5, 0.6) is 0 Å². The first-order valence-electron chi connectivity index (χ1n) is 15.1. The van der Waals surface area contributed by atoms with Gasteiger partial charge in [-0.05, 0) is 62.1 Å². The quantitative estimate of drug-likeness (QED) is 0.268. The van der Waals surface area contributed by atoms with Crippen molar-refractivity contribution in [3.05, 3.63) is 59.2 Å². The molecule has 3 aliphatic carbocycles. The molecule has 240 valence electrons. The minimum absolute atomic E-state index is 0.0678. The highest BCUT2D eigenvalue weighted by Gasteiger charge is 2.65. The van der Waals surface area contributed by atoms with Crippen molar-refractivity contribution in [3.8, 4) is 0 Å². The van der Waals surface area contributed by atoms with Crippen LogP contribution in [-0.2, 0) is 33.4 Å². The van der Waals surface area contributed by atoms with Crippen molar-refractivity contribution < 1.29 is 43.6 Å². The highest BCUT2D eigenvalue weighted by Crippen LogP contribution is 2.57. The third-order valence-electron chi connectivity index (χ3n) is 9.93. The van der Waals surface area contributed by atoms with Crippen LogP contribution in [0, 0.1) is 17.3 Å². The summed E-state index contributed by atoms with van der Waals surface area (Å²) in [4.78, 5) is 53.5. The number of ketones is 1. The van der Waals surface area contributed by atoms with E-state index in [1.807, 2.05) is 49.3 Å². The predicted molar refractivity (Wildman–Crippen MR) is 161 cm³/mol. The Morgan fingerprint density at radius 2 is 1.66 bits per heavy atom. The lowest BCUT2D eigenvalue weighted by molar-refractivity contribution is -0.217. The fraction of sp³-hybridized carbons (Fsp3) is 0.588. The molecule has 2 saturated carbocycles. The summed E-state index contributed by atoms with van der Waals surface area (Å²) in [6.45, 7) is 11.7. The van der Waals surface area contributed by atoms with Crippen LogP contribution in [0.4, 0.5) is 0 Å². The fourth-order valence-corrected chi connectivity index (χ4v) is 7.60. The molecule has 0 amide bonds. The molecule has 0 aliphatic heterocycles. The van der Waals surface area contributed by atoms with E-state index in [-0.39, 0.29) is 25.3 Å². The molecule has 0 spiro atoms. The fourth-order valence-electron chi connectivity index (χ4n) is 7.60. The maximum atomic E-state index is 13.4. The lowest BCUT2D eigenvalue weighted by Crippen LogP contribution is -2.68. The Balaban J connectivity index is 1.75. The summed E-state index contributed by atoms with van der Waals surface area (Å²) < 4.78 is 17.5. The molecule has 1 aromatic rings. The van der Waals surface area contributed by atoms with Gasteiger partial charge >= 0.3 is 17.9 Å². The van der Waals surface area contributed by atoms with E-state index in [1.165, 1.54) is 13.8 Å². The van der Waals surface area contributed by atoms with E-state index >= 15 is 0 Å². The second-order valence-electron chi connectivity index (χ2n) is 13.2. The molecule has 8 atom stereocenters. The molecule has 8 unspecified atom stereocenters. The maximum Gasteiger partial charge on any atom is 0.308 e. The van der Waals surface area contributed by atoms with Gasteiger partial charge in [-0.25, -0.2) is 0 Å². The SMILES string of the molecule is C=C1C(OC(=O)CC(c2ccccc2)N(C)C)CCC2C(O)C(OC(C)=O)C3=C(C)C(=O)CC(O)(C(OC(C)=O)C12)C3(C)C. The van der Waals surface area contributed by atoms with Gasteiger partial charge in [0.2, 0.25) is 0 Å². The minimum atomic E-state index is -1.95. The second kappa shape index (κ2) is 12.6. The van der Waals surface area contributed by atoms with Crippen LogP contribution in [0.15, 0.2) is 53.6 Å². The molecule has 0 radical (unpaired) electrons. The molecule has 0 saturated heterocycles. The Hall–Kier alpha value is -3.34. The van der Waals surface area contributed by atoms with Gasteiger partial charge in [-0.3, -0.25) is 19.2 Å². The lowest BCUT2D eigenvalue weighted by Gasteiger charge is -2.58. The summed E-state index contributed by atoms with van der Waals surface area (Å²) in [5, 5.41) is 24.4. The molecule has 1 aromatic carbocycles. The number of esters is 3. The van der Waals surface area contributed by atoms with Gasteiger partial charge < -0.3 is 29.3 Å². The normalized spacial score (nSPS) is 32.2. The maximum absolute atomic E-state index is 13.4. The largest absolute Gasteiger partial charge is 0.459 e. The number of ether oxygens (including phenoxy) is 3. The molecule has 0 aromatic heterocycles. The van der Waals surface area contributed by atoms with Gasteiger partial charge in [-0.2, -0.15) is 0 Å². The first-order chi connectivity index (χ1) is 20.5. The number of aliphatic hydroxyl groups is 2. The van der Waals surface area contributed by atoms with Crippen molar-refractivity contribution in [3.63, 3.8) is 0 Å². The van der Waals surface area contributed by atoms with E-state index in [9.17, 15) is 29.4 Å². The number of hydrogen-bond acceptors (Lipinski definition) is 10. The molecule has 2 N–H and O–H groups in total. The average molecular weight is 612 g/mol. The number of rotatable bonds is 7. The monoisotopic (exact) mass is 611 g/mol. The topological polar surface area (TPSA) is 140 Å². The Kier molecular flexibility index (Phi) is 9.59. The molecule has 44 heavy (non-hydrogen) atoms. The molecule has 3 aliphatic rings. The van der Waals surface area contributed by atoms with Crippen molar-refractivity contribution in [2.45, 2.75) is 96.4 Å². The van der Waals surface area contributed by atoms with E-state index in [1.54, 1.807) is 20.8 Å². The Bertz CT molecular complexity index is 1350. The molecular weight excluding hydrogens is 566 g/mol. The summed E-state index contributed by atoms with van der Waals surface area (Å²) in [5.41, 5.74) is -1.34. The van der Waals surface area contributed by atoms with E-state index in [4.69, 9.17) is 14.2 Å². The van der Waals surface area contributed by atoms with Gasteiger partial charge in [-0.15, -0.1) is 0 Å². The van der Waals surface area contributed by atoms with Crippen LogP contribution < -0.4 is 0 Å². The van der Waals surface area contributed by atoms with Crippen molar-refractivity contribution in [1.82, 2.24) is 4.90 Å².